The van der Waals surface area contributed by atoms with E-state index in [-0.39, 0.29) is 34.7 Å². The maximum atomic E-state index is 12.5. The van der Waals surface area contributed by atoms with E-state index in [1.165, 1.54) is 42.8 Å². The highest BCUT2D eigenvalue weighted by molar-refractivity contribution is 7.90. The summed E-state index contributed by atoms with van der Waals surface area (Å²) in [5, 5.41) is 2.97. The maximum Gasteiger partial charge on any atom is 0.356 e. The molecule has 10 heteroatoms. The number of benzene rings is 1. The highest BCUT2D eigenvalue weighted by Crippen LogP contribution is 2.18. The number of sulfonamides is 1. The van der Waals surface area contributed by atoms with Crippen molar-refractivity contribution in [2.45, 2.75) is 50.0 Å². The van der Waals surface area contributed by atoms with E-state index in [0.29, 0.717) is 5.56 Å². The van der Waals surface area contributed by atoms with Crippen molar-refractivity contribution in [1.82, 2.24) is 15.0 Å². The standard InChI is InChI=1S/C22H25N3O6S/c1-2-31-22(28)19-13-10-16(14-23-19)21(27)25-32(29,30)18-11-8-15(9-12-18)20(26)24-17-6-4-3-5-7-17/h8-14,17H,2-7H2,1H3,(H,24,26)(H,25,27). The number of amides is 2. The number of rotatable bonds is 7. The average Bonchev–Trinajstić information content (AvgIpc) is 2.80. The van der Waals surface area contributed by atoms with Gasteiger partial charge >= 0.3 is 5.97 Å². The van der Waals surface area contributed by atoms with Gasteiger partial charge in [-0.25, -0.2) is 22.9 Å². The van der Waals surface area contributed by atoms with E-state index >= 15 is 0 Å². The zero-order chi connectivity index (χ0) is 23.1. The lowest BCUT2D eigenvalue weighted by Gasteiger charge is -2.22. The van der Waals surface area contributed by atoms with Crippen molar-refractivity contribution in [2.24, 2.45) is 0 Å². The number of pyridine rings is 1. The van der Waals surface area contributed by atoms with E-state index in [0.717, 1.165) is 31.9 Å². The Morgan fingerprint density at radius 3 is 2.22 bits per heavy atom. The zero-order valence-corrected chi connectivity index (χ0v) is 18.5. The van der Waals surface area contributed by atoms with E-state index in [4.69, 9.17) is 4.74 Å². The number of ether oxygens (including phenoxy) is 1. The summed E-state index contributed by atoms with van der Waals surface area (Å²) >= 11 is 0. The molecule has 2 amide bonds. The summed E-state index contributed by atoms with van der Waals surface area (Å²) < 4.78 is 31.9. The van der Waals surface area contributed by atoms with Gasteiger partial charge in [-0.1, -0.05) is 19.3 Å². The lowest BCUT2D eigenvalue weighted by Crippen LogP contribution is -2.36. The molecular formula is C22H25N3O6S. The van der Waals surface area contributed by atoms with Gasteiger partial charge in [-0.05, 0) is 56.2 Å². The van der Waals surface area contributed by atoms with Crippen molar-refractivity contribution >= 4 is 27.8 Å². The predicted molar refractivity (Wildman–Crippen MR) is 116 cm³/mol. The van der Waals surface area contributed by atoms with Crippen LogP contribution in [0.5, 0.6) is 0 Å². The number of hydrogen-bond acceptors (Lipinski definition) is 7. The monoisotopic (exact) mass is 459 g/mol. The third kappa shape index (κ3) is 5.91. The SMILES string of the molecule is CCOC(=O)c1ccc(C(=O)NS(=O)(=O)c2ccc(C(=O)NC3CCCCC3)cc2)cn1. The van der Waals surface area contributed by atoms with Gasteiger partial charge in [0, 0.05) is 17.8 Å². The molecule has 3 rings (SSSR count). The molecule has 32 heavy (non-hydrogen) atoms. The van der Waals surface area contributed by atoms with Crippen LogP contribution in [0.25, 0.3) is 0 Å². The normalized spacial score (nSPS) is 14.4. The summed E-state index contributed by atoms with van der Waals surface area (Å²) in [5.41, 5.74) is 0.318. The first-order valence-corrected chi connectivity index (χ1v) is 11.9. The van der Waals surface area contributed by atoms with Gasteiger partial charge in [-0.2, -0.15) is 0 Å². The number of nitrogens with zero attached hydrogens (tertiary/aromatic N) is 1. The Bertz CT molecular complexity index is 1080. The Morgan fingerprint density at radius 2 is 1.62 bits per heavy atom. The molecule has 1 aromatic carbocycles. The Hall–Kier alpha value is -3.27. The maximum absolute atomic E-state index is 12.5. The predicted octanol–water partition coefficient (Wildman–Crippen LogP) is 2.44. The molecule has 2 N–H and O–H groups in total. The molecule has 1 aromatic heterocycles. The van der Waals surface area contributed by atoms with E-state index < -0.39 is 21.9 Å². The number of nitrogens with one attached hydrogen (secondary N) is 2. The second-order valence-electron chi connectivity index (χ2n) is 7.42. The summed E-state index contributed by atoms with van der Waals surface area (Å²) in [4.78, 5) is 40.0. The highest BCUT2D eigenvalue weighted by Gasteiger charge is 2.21. The van der Waals surface area contributed by atoms with Gasteiger partial charge < -0.3 is 10.1 Å². The lowest BCUT2D eigenvalue weighted by molar-refractivity contribution is 0.0519. The molecule has 1 aliphatic rings. The van der Waals surface area contributed by atoms with Gasteiger partial charge in [0.2, 0.25) is 0 Å². The number of carbonyl (C=O) groups excluding carboxylic acids is 3. The summed E-state index contributed by atoms with van der Waals surface area (Å²) in [6.07, 6.45) is 6.33. The average molecular weight is 460 g/mol. The summed E-state index contributed by atoms with van der Waals surface area (Å²) in [5.74, 6) is -1.79. The Balaban J connectivity index is 1.63. The minimum absolute atomic E-state index is 0.00773. The van der Waals surface area contributed by atoms with Crippen molar-refractivity contribution in [3.05, 3.63) is 59.4 Å². The molecule has 1 fully saturated rings. The molecule has 0 aliphatic heterocycles. The van der Waals surface area contributed by atoms with Crippen LogP contribution in [-0.4, -0.2) is 43.8 Å². The molecule has 1 heterocycles. The van der Waals surface area contributed by atoms with Crippen LogP contribution in [0.1, 0.15) is 70.2 Å². The fraction of sp³-hybridized carbons (Fsp3) is 0.364. The van der Waals surface area contributed by atoms with E-state index in [1.807, 2.05) is 4.72 Å². The minimum Gasteiger partial charge on any atom is -0.461 e. The van der Waals surface area contributed by atoms with Crippen LogP contribution in [0.3, 0.4) is 0 Å². The molecule has 0 radical (unpaired) electrons. The van der Waals surface area contributed by atoms with E-state index in [9.17, 15) is 22.8 Å². The van der Waals surface area contributed by atoms with E-state index in [1.54, 1.807) is 6.92 Å². The molecule has 2 aromatic rings. The molecule has 0 unspecified atom stereocenters. The number of carbonyl (C=O) groups is 3. The Labute approximate surface area is 186 Å². The first-order chi connectivity index (χ1) is 15.3. The van der Waals surface area contributed by atoms with Crippen molar-refractivity contribution in [3.8, 4) is 0 Å². The van der Waals surface area contributed by atoms with Gasteiger partial charge in [0.25, 0.3) is 21.8 Å². The van der Waals surface area contributed by atoms with Crippen LogP contribution in [0.2, 0.25) is 0 Å². The topological polar surface area (TPSA) is 132 Å². The van der Waals surface area contributed by atoms with Gasteiger partial charge in [-0.15, -0.1) is 0 Å². The molecule has 0 spiro atoms. The molecule has 0 bridgehead atoms. The fourth-order valence-electron chi connectivity index (χ4n) is 3.39. The number of aromatic nitrogens is 1. The highest BCUT2D eigenvalue weighted by atomic mass is 32.2. The Morgan fingerprint density at radius 1 is 0.969 bits per heavy atom. The van der Waals surface area contributed by atoms with Gasteiger partial charge in [-0.3, -0.25) is 9.59 Å². The molecular weight excluding hydrogens is 434 g/mol. The zero-order valence-electron chi connectivity index (χ0n) is 17.7. The molecule has 0 saturated heterocycles. The summed E-state index contributed by atoms with van der Waals surface area (Å²) in [6.45, 7) is 1.84. The summed E-state index contributed by atoms with van der Waals surface area (Å²) in [6, 6.07) is 8.06. The fourth-order valence-corrected chi connectivity index (χ4v) is 4.37. The lowest BCUT2D eigenvalue weighted by atomic mass is 9.95. The second-order valence-corrected chi connectivity index (χ2v) is 9.10. The van der Waals surface area contributed by atoms with Crippen LogP contribution in [0, 0.1) is 0 Å². The first kappa shape index (κ1) is 23.4. The van der Waals surface area contributed by atoms with Crippen LogP contribution in [-0.2, 0) is 14.8 Å². The van der Waals surface area contributed by atoms with Crippen molar-refractivity contribution in [2.75, 3.05) is 6.61 Å². The quantitative estimate of drug-likeness (QED) is 0.608. The van der Waals surface area contributed by atoms with Crippen LogP contribution in [0.15, 0.2) is 47.5 Å². The van der Waals surface area contributed by atoms with Crippen LogP contribution in [0.4, 0.5) is 0 Å². The molecule has 1 saturated carbocycles. The molecule has 1 aliphatic carbocycles. The van der Waals surface area contributed by atoms with Crippen molar-refractivity contribution in [1.29, 1.82) is 0 Å². The van der Waals surface area contributed by atoms with Crippen LogP contribution >= 0.6 is 0 Å². The van der Waals surface area contributed by atoms with Crippen LogP contribution < -0.4 is 10.0 Å². The minimum atomic E-state index is -4.16. The third-order valence-electron chi connectivity index (χ3n) is 5.10. The molecule has 170 valence electrons. The van der Waals surface area contributed by atoms with Gasteiger partial charge in [0.15, 0.2) is 0 Å². The Kier molecular flexibility index (Phi) is 7.57. The van der Waals surface area contributed by atoms with E-state index in [2.05, 4.69) is 10.3 Å². The van der Waals surface area contributed by atoms with Gasteiger partial charge in [0.05, 0.1) is 17.1 Å². The van der Waals surface area contributed by atoms with Crippen molar-refractivity contribution < 1.29 is 27.5 Å². The van der Waals surface area contributed by atoms with Gasteiger partial charge in [0.1, 0.15) is 5.69 Å². The number of esters is 1. The molecule has 9 nitrogen and oxygen atoms in total. The van der Waals surface area contributed by atoms with Crippen molar-refractivity contribution in [3.63, 3.8) is 0 Å². The second kappa shape index (κ2) is 10.4. The molecule has 0 atom stereocenters. The third-order valence-corrected chi connectivity index (χ3v) is 6.45. The largest absolute Gasteiger partial charge is 0.461 e. The smallest absolute Gasteiger partial charge is 0.356 e. The summed E-state index contributed by atoms with van der Waals surface area (Å²) in [7, 11) is -4.16. The first-order valence-electron chi connectivity index (χ1n) is 10.4. The number of hydrogen-bond donors (Lipinski definition) is 2.